The summed E-state index contributed by atoms with van der Waals surface area (Å²) in [5, 5.41) is 4.34. The zero-order valence-electron chi connectivity index (χ0n) is 13.7. The van der Waals surface area contributed by atoms with Crippen LogP contribution in [-0.4, -0.2) is 10.5 Å². The van der Waals surface area contributed by atoms with Crippen LogP contribution in [0.1, 0.15) is 6.92 Å². The second kappa shape index (κ2) is 6.49. The molecule has 0 radical (unpaired) electrons. The molecular formula is C21H16N2OS. The van der Waals surface area contributed by atoms with Gasteiger partial charge in [0.25, 0.3) is 0 Å². The van der Waals surface area contributed by atoms with Crippen LogP contribution in [0.2, 0.25) is 0 Å². The summed E-state index contributed by atoms with van der Waals surface area (Å²) in [5.74, 6) is -0.199. The summed E-state index contributed by atoms with van der Waals surface area (Å²) >= 11 is 1.48. The van der Waals surface area contributed by atoms with Gasteiger partial charge in [-0.05, 0) is 17.0 Å². The van der Waals surface area contributed by atoms with Crippen LogP contribution in [0.3, 0.4) is 0 Å². The minimum absolute atomic E-state index is 0.199. The molecule has 1 heterocycles. The number of amides is 1. The third-order valence-corrected chi connectivity index (χ3v) is 4.86. The lowest BCUT2D eigenvalue weighted by Gasteiger charge is -2.12. The van der Waals surface area contributed by atoms with Gasteiger partial charge in [0.15, 0.2) is 4.80 Å². The van der Waals surface area contributed by atoms with Gasteiger partial charge >= 0.3 is 0 Å². The summed E-state index contributed by atoms with van der Waals surface area (Å²) in [4.78, 5) is 16.5. The number of hydrogen-bond acceptors (Lipinski definition) is 2. The van der Waals surface area contributed by atoms with Crippen LogP contribution in [0.4, 0.5) is 0 Å². The SMILES string of the molecule is CC(=O)N=c1scc(-c2ccccc2)n1-c1cccc2ccccc12. The third kappa shape index (κ3) is 2.92. The summed E-state index contributed by atoms with van der Waals surface area (Å²) in [5.41, 5.74) is 3.15. The molecular weight excluding hydrogens is 328 g/mol. The number of hydrogen-bond donors (Lipinski definition) is 0. The van der Waals surface area contributed by atoms with Crippen LogP contribution < -0.4 is 4.80 Å². The predicted octanol–water partition coefficient (Wildman–Crippen LogP) is 4.81. The molecule has 1 aromatic heterocycles. The smallest absolute Gasteiger partial charge is 0.245 e. The van der Waals surface area contributed by atoms with E-state index < -0.39 is 0 Å². The van der Waals surface area contributed by atoms with Crippen molar-refractivity contribution in [2.24, 2.45) is 4.99 Å². The van der Waals surface area contributed by atoms with Gasteiger partial charge in [-0.15, -0.1) is 11.3 Å². The Morgan fingerprint density at radius 1 is 0.920 bits per heavy atom. The molecule has 0 atom stereocenters. The second-order valence-corrected chi connectivity index (χ2v) is 6.57. The molecule has 0 fully saturated rings. The average molecular weight is 344 g/mol. The van der Waals surface area contributed by atoms with Crippen LogP contribution in [0.25, 0.3) is 27.7 Å². The number of carbonyl (C=O) groups excluding carboxylic acids is 1. The maximum absolute atomic E-state index is 11.6. The first-order valence-corrected chi connectivity index (χ1v) is 8.91. The molecule has 3 aromatic carbocycles. The van der Waals surface area contributed by atoms with E-state index in [4.69, 9.17) is 0 Å². The number of benzene rings is 3. The van der Waals surface area contributed by atoms with E-state index in [2.05, 4.69) is 51.3 Å². The van der Waals surface area contributed by atoms with Gasteiger partial charge in [0, 0.05) is 17.7 Å². The summed E-state index contributed by atoms with van der Waals surface area (Å²) in [6.07, 6.45) is 0. The molecule has 0 aliphatic rings. The van der Waals surface area contributed by atoms with Crippen molar-refractivity contribution in [3.05, 3.63) is 83.0 Å². The Kier molecular flexibility index (Phi) is 4.04. The molecule has 0 bridgehead atoms. The average Bonchev–Trinajstić information content (AvgIpc) is 3.04. The number of fused-ring (bicyclic) bond motifs is 1. The Morgan fingerprint density at radius 3 is 2.44 bits per heavy atom. The van der Waals surface area contributed by atoms with Crippen molar-refractivity contribution >= 4 is 28.0 Å². The summed E-state index contributed by atoms with van der Waals surface area (Å²) in [6, 6.07) is 24.6. The van der Waals surface area contributed by atoms with Gasteiger partial charge in [0.2, 0.25) is 5.91 Å². The van der Waals surface area contributed by atoms with Gasteiger partial charge in [-0.25, -0.2) is 0 Å². The third-order valence-electron chi connectivity index (χ3n) is 4.04. The minimum atomic E-state index is -0.199. The van der Waals surface area contributed by atoms with Gasteiger partial charge in [-0.3, -0.25) is 9.36 Å². The molecule has 4 aromatic rings. The molecule has 0 spiro atoms. The van der Waals surface area contributed by atoms with E-state index in [1.165, 1.54) is 18.3 Å². The summed E-state index contributed by atoms with van der Waals surface area (Å²) < 4.78 is 2.07. The van der Waals surface area contributed by atoms with E-state index in [-0.39, 0.29) is 5.91 Å². The van der Waals surface area contributed by atoms with Gasteiger partial charge in [-0.2, -0.15) is 4.99 Å². The van der Waals surface area contributed by atoms with E-state index >= 15 is 0 Å². The van der Waals surface area contributed by atoms with Gasteiger partial charge in [0.1, 0.15) is 0 Å². The molecule has 0 saturated heterocycles. The van der Waals surface area contributed by atoms with Crippen LogP contribution in [0.5, 0.6) is 0 Å². The minimum Gasteiger partial charge on any atom is -0.284 e. The zero-order chi connectivity index (χ0) is 17.2. The normalized spacial score (nSPS) is 11.8. The van der Waals surface area contributed by atoms with Crippen LogP contribution in [0, 0.1) is 0 Å². The molecule has 0 N–H and O–H groups in total. The van der Waals surface area contributed by atoms with Crippen molar-refractivity contribution in [2.45, 2.75) is 6.92 Å². The molecule has 0 aliphatic carbocycles. The van der Waals surface area contributed by atoms with Crippen molar-refractivity contribution in [3.63, 3.8) is 0 Å². The molecule has 122 valence electrons. The fourth-order valence-electron chi connectivity index (χ4n) is 2.97. The van der Waals surface area contributed by atoms with Crippen LogP contribution in [-0.2, 0) is 4.79 Å². The second-order valence-electron chi connectivity index (χ2n) is 5.73. The predicted molar refractivity (Wildman–Crippen MR) is 103 cm³/mol. The molecule has 25 heavy (non-hydrogen) atoms. The van der Waals surface area contributed by atoms with E-state index in [0.717, 1.165) is 27.7 Å². The van der Waals surface area contributed by atoms with E-state index in [1.54, 1.807) is 0 Å². The van der Waals surface area contributed by atoms with Gasteiger partial charge in [-0.1, -0.05) is 66.7 Å². The number of thiazole rings is 1. The highest BCUT2D eigenvalue weighted by atomic mass is 32.1. The number of aromatic nitrogens is 1. The molecule has 0 aliphatic heterocycles. The van der Waals surface area contributed by atoms with E-state index in [1.807, 2.05) is 36.4 Å². The standard InChI is InChI=1S/C21H16N2OS/c1-15(24)22-21-23(20(14-25-21)17-9-3-2-4-10-17)19-13-7-11-16-8-5-6-12-18(16)19/h2-14H,1H3. The van der Waals surface area contributed by atoms with Gasteiger partial charge in [0.05, 0.1) is 11.4 Å². The highest BCUT2D eigenvalue weighted by Crippen LogP contribution is 2.27. The number of carbonyl (C=O) groups is 1. The van der Waals surface area contributed by atoms with Crippen molar-refractivity contribution in [2.75, 3.05) is 0 Å². The number of rotatable bonds is 2. The van der Waals surface area contributed by atoms with Crippen LogP contribution in [0.15, 0.2) is 83.2 Å². The Morgan fingerprint density at radius 2 is 1.64 bits per heavy atom. The Balaban J connectivity index is 2.09. The quantitative estimate of drug-likeness (QED) is 0.514. The lowest BCUT2D eigenvalue weighted by atomic mass is 10.1. The number of nitrogens with zero attached hydrogens (tertiary/aromatic N) is 2. The summed E-state index contributed by atoms with van der Waals surface area (Å²) in [6.45, 7) is 1.48. The fraction of sp³-hybridized carbons (Fsp3) is 0.0476. The molecule has 3 nitrogen and oxygen atoms in total. The van der Waals surface area contributed by atoms with Crippen molar-refractivity contribution < 1.29 is 4.79 Å². The highest BCUT2D eigenvalue weighted by molar-refractivity contribution is 7.07. The van der Waals surface area contributed by atoms with E-state index in [0.29, 0.717) is 4.80 Å². The Labute approximate surface area is 149 Å². The molecule has 4 heteroatoms. The highest BCUT2D eigenvalue weighted by Gasteiger charge is 2.12. The van der Waals surface area contributed by atoms with E-state index in [9.17, 15) is 4.79 Å². The molecule has 4 rings (SSSR count). The maximum Gasteiger partial charge on any atom is 0.245 e. The topological polar surface area (TPSA) is 34.4 Å². The Hall–Kier alpha value is -2.98. The lowest BCUT2D eigenvalue weighted by molar-refractivity contribution is -0.116. The Bertz CT molecular complexity index is 1120. The van der Waals surface area contributed by atoms with Crippen molar-refractivity contribution in [1.29, 1.82) is 0 Å². The first-order chi connectivity index (χ1) is 12.2. The monoisotopic (exact) mass is 344 g/mol. The largest absolute Gasteiger partial charge is 0.284 e. The summed E-state index contributed by atoms with van der Waals surface area (Å²) in [7, 11) is 0. The molecule has 0 saturated carbocycles. The zero-order valence-corrected chi connectivity index (χ0v) is 14.5. The maximum atomic E-state index is 11.6. The first-order valence-electron chi connectivity index (χ1n) is 8.03. The molecule has 0 unspecified atom stereocenters. The van der Waals surface area contributed by atoms with Gasteiger partial charge < -0.3 is 0 Å². The first kappa shape index (κ1) is 15.5. The van der Waals surface area contributed by atoms with Crippen molar-refractivity contribution in [3.8, 4) is 16.9 Å². The van der Waals surface area contributed by atoms with Crippen LogP contribution >= 0.6 is 11.3 Å². The lowest BCUT2D eigenvalue weighted by Crippen LogP contribution is -2.16. The van der Waals surface area contributed by atoms with Crippen molar-refractivity contribution in [1.82, 2.24) is 4.57 Å². The molecule has 1 amide bonds. The fourth-order valence-corrected chi connectivity index (χ4v) is 3.91.